The number of allylic oxidation sites excluding steroid dienone is 1. The van der Waals surface area contributed by atoms with E-state index in [1.807, 2.05) is 6.92 Å². The Morgan fingerprint density at radius 3 is 2.53 bits per heavy atom. The average Bonchev–Trinajstić information content (AvgIpc) is 2.21. The highest BCUT2D eigenvalue weighted by Crippen LogP contribution is 2.16. The van der Waals surface area contributed by atoms with E-state index < -0.39 is 0 Å². The van der Waals surface area contributed by atoms with Crippen LogP contribution in [0.4, 0.5) is 0 Å². The zero-order valence-electron chi connectivity index (χ0n) is 9.74. The number of hydrogen-bond acceptors (Lipinski definition) is 2. The summed E-state index contributed by atoms with van der Waals surface area (Å²) < 4.78 is 0. The minimum Gasteiger partial charge on any atom is -0.401 e. The van der Waals surface area contributed by atoms with Crippen molar-refractivity contribution in [2.24, 2.45) is 16.6 Å². The van der Waals surface area contributed by atoms with Crippen LogP contribution in [0.5, 0.6) is 0 Å². The third kappa shape index (κ3) is 3.78. The van der Waals surface area contributed by atoms with E-state index in [0.717, 1.165) is 30.5 Å². The number of amidine groups is 1. The number of rotatable bonds is 2. The van der Waals surface area contributed by atoms with Crippen molar-refractivity contribution in [3.8, 4) is 0 Å². The predicted octanol–water partition coefficient (Wildman–Crippen LogP) is 2.12. The van der Waals surface area contributed by atoms with E-state index in [2.05, 4.69) is 23.4 Å². The Balaban J connectivity index is 2.63. The van der Waals surface area contributed by atoms with Gasteiger partial charge in [0, 0.05) is 25.0 Å². The first-order valence-electron chi connectivity index (χ1n) is 5.51. The Morgan fingerprint density at radius 2 is 2.07 bits per heavy atom. The van der Waals surface area contributed by atoms with E-state index in [9.17, 15) is 0 Å². The molecule has 2 N–H and O–H groups in total. The normalized spacial score (nSPS) is 20.5. The third-order valence-corrected chi connectivity index (χ3v) is 2.69. The monoisotopic (exact) mass is 207 g/mol. The largest absolute Gasteiger partial charge is 0.401 e. The molecule has 0 aliphatic carbocycles. The Hall–Kier alpha value is -1.25. The molecule has 15 heavy (non-hydrogen) atoms. The lowest BCUT2D eigenvalue weighted by Gasteiger charge is -2.31. The van der Waals surface area contributed by atoms with Crippen molar-refractivity contribution < 1.29 is 0 Å². The molecule has 3 heteroatoms. The SMILES string of the molecule is C=C/C(=N\C=C(\C)N)N1CCC(C)CC1. The van der Waals surface area contributed by atoms with Crippen LogP contribution in [0, 0.1) is 5.92 Å². The minimum absolute atomic E-state index is 0.722. The van der Waals surface area contributed by atoms with E-state index in [-0.39, 0.29) is 0 Å². The molecule has 0 radical (unpaired) electrons. The molecule has 1 saturated heterocycles. The molecule has 0 bridgehead atoms. The zero-order chi connectivity index (χ0) is 11.3. The first kappa shape index (κ1) is 11.8. The molecule has 0 atom stereocenters. The van der Waals surface area contributed by atoms with Crippen LogP contribution in [0.15, 0.2) is 29.5 Å². The quantitative estimate of drug-likeness (QED) is 0.556. The molecule has 0 saturated carbocycles. The predicted molar refractivity (Wildman–Crippen MR) is 65.5 cm³/mol. The molecule has 1 aliphatic heterocycles. The molecule has 1 rings (SSSR count). The second kappa shape index (κ2) is 5.59. The number of piperidine rings is 1. The number of nitrogens with two attached hydrogens (primary N) is 1. The summed E-state index contributed by atoms with van der Waals surface area (Å²) in [5.74, 6) is 1.77. The van der Waals surface area contributed by atoms with Crippen molar-refractivity contribution in [2.45, 2.75) is 26.7 Å². The van der Waals surface area contributed by atoms with Crippen molar-refractivity contribution in [3.63, 3.8) is 0 Å². The molecule has 84 valence electrons. The molecule has 0 amide bonds. The Bertz CT molecular complexity index is 267. The van der Waals surface area contributed by atoms with Gasteiger partial charge in [0.2, 0.25) is 0 Å². The lowest BCUT2D eigenvalue weighted by Crippen LogP contribution is -2.36. The van der Waals surface area contributed by atoms with E-state index >= 15 is 0 Å². The summed E-state index contributed by atoms with van der Waals surface area (Å²) in [5.41, 5.74) is 6.27. The fraction of sp³-hybridized carbons (Fsp3) is 0.583. The van der Waals surface area contributed by atoms with Gasteiger partial charge in [-0.15, -0.1) is 0 Å². The lowest BCUT2D eigenvalue weighted by atomic mass is 9.99. The number of hydrogen-bond donors (Lipinski definition) is 1. The van der Waals surface area contributed by atoms with Crippen molar-refractivity contribution >= 4 is 5.84 Å². The topological polar surface area (TPSA) is 41.6 Å². The smallest absolute Gasteiger partial charge is 0.127 e. The van der Waals surface area contributed by atoms with E-state index in [0.29, 0.717) is 0 Å². The molecule has 3 nitrogen and oxygen atoms in total. The van der Waals surface area contributed by atoms with Crippen LogP contribution >= 0.6 is 0 Å². The first-order chi connectivity index (χ1) is 7.13. The van der Waals surface area contributed by atoms with Gasteiger partial charge in [0.25, 0.3) is 0 Å². The van der Waals surface area contributed by atoms with Gasteiger partial charge in [-0.2, -0.15) is 0 Å². The highest BCUT2D eigenvalue weighted by atomic mass is 15.2. The Morgan fingerprint density at radius 1 is 1.47 bits per heavy atom. The van der Waals surface area contributed by atoms with Gasteiger partial charge in [0.15, 0.2) is 0 Å². The summed E-state index contributed by atoms with van der Waals surface area (Å²) in [5, 5.41) is 0. The summed E-state index contributed by atoms with van der Waals surface area (Å²) in [6.45, 7) is 10.1. The maximum Gasteiger partial charge on any atom is 0.127 e. The molecule has 1 heterocycles. The molecule has 0 aromatic heterocycles. The molecule has 1 fully saturated rings. The summed E-state index contributed by atoms with van der Waals surface area (Å²) >= 11 is 0. The van der Waals surface area contributed by atoms with E-state index in [4.69, 9.17) is 5.73 Å². The van der Waals surface area contributed by atoms with Crippen LogP contribution in [0.3, 0.4) is 0 Å². The van der Waals surface area contributed by atoms with Crippen molar-refractivity contribution in [3.05, 3.63) is 24.6 Å². The van der Waals surface area contributed by atoms with Gasteiger partial charge >= 0.3 is 0 Å². The van der Waals surface area contributed by atoms with Gasteiger partial charge in [-0.3, -0.25) is 0 Å². The van der Waals surface area contributed by atoms with Crippen LogP contribution in [-0.2, 0) is 0 Å². The zero-order valence-corrected chi connectivity index (χ0v) is 9.74. The van der Waals surface area contributed by atoms with Gasteiger partial charge in [-0.1, -0.05) is 13.5 Å². The fourth-order valence-electron chi connectivity index (χ4n) is 1.67. The molecule has 0 unspecified atom stereocenters. The highest BCUT2D eigenvalue weighted by Gasteiger charge is 2.16. The fourth-order valence-corrected chi connectivity index (χ4v) is 1.67. The van der Waals surface area contributed by atoms with Crippen molar-refractivity contribution in [1.82, 2.24) is 4.90 Å². The van der Waals surface area contributed by atoms with Gasteiger partial charge < -0.3 is 10.6 Å². The molecule has 1 aliphatic rings. The third-order valence-electron chi connectivity index (χ3n) is 2.69. The molecular formula is C12H21N3. The van der Waals surface area contributed by atoms with Crippen LogP contribution in [0.1, 0.15) is 26.7 Å². The lowest BCUT2D eigenvalue weighted by molar-refractivity contribution is 0.281. The van der Waals surface area contributed by atoms with Gasteiger partial charge in [0.1, 0.15) is 5.84 Å². The van der Waals surface area contributed by atoms with Crippen LogP contribution in [0.25, 0.3) is 0 Å². The second-order valence-corrected chi connectivity index (χ2v) is 4.23. The van der Waals surface area contributed by atoms with Gasteiger partial charge in [-0.05, 0) is 31.8 Å². The van der Waals surface area contributed by atoms with Crippen molar-refractivity contribution in [1.29, 1.82) is 0 Å². The maximum atomic E-state index is 5.55. The van der Waals surface area contributed by atoms with E-state index in [1.165, 1.54) is 12.8 Å². The molecule has 0 aromatic carbocycles. The maximum absolute atomic E-state index is 5.55. The van der Waals surface area contributed by atoms with Crippen LogP contribution in [0.2, 0.25) is 0 Å². The van der Waals surface area contributed by atoms with Gasteiger partial charge in [0.05, 0.1) is 0 Å². The number of nitrogens with zero attached hydrogens (tertiary/aromatic N) is 2. The second-order valence-electron chi connectivity index (χ2n) is 4.23. The van der Waals surface area contributed by atoms with Crippen LogP contribution < -0.4 is 5.73 Å². The van der Waals surface area contributed by atoms with Crippen LogP contribution in [-0.4, -0.2) is 23.8 Å². The summed E-state index contributed by atoms with van der Waals surface area (Å²) in [6.07, 6.45) is 5.96. The average molecular weight is 207 g/mol. The molecule has 0 aromatic rings. The first-order valence-corrected chi connectivity index (χ1v) is 5.51. The van der Waals surface area contributed by atoms with Gasteiger partial charge in [-0.25, -0.2) is 4.99 Å². The number of likely N-dealkylation sites (tertiary alicyclic amines) is 1. The minimum atomic E-state index is 0.722. The van der Waals surface area contributed by atoms with E-state index in [1.54, 1.807) is 12.3 Å². The summed E-state index contributed by atoms with van der Waals surface area (Å²) in [7, 11) is 0. The Labute approximate surface area is 92.4 Å². The Kier molecular flexibility index (Phi) is 4.40. The highest BCUT2D eigenvalue weighted by molar-refractivity contribution is 5.93. The molecule has 0 spiro atoms. The number of aliphatic imine (C=N–C) groups is 1. The standard InChI is InChI=1S/C12H21N3/c1-4-12(14-9-11(3)13)15-7-5-10(2)6-8-15/h4,9-10H,1,5-8,13H2,2-3H3/b11-9-,14-12+. The summed E-state index contributed by atoms with van der Waals surface area (Å²) in [6, 6.07) is 0. The molecular weight excluding hydrogens is 186 g/mol. The summed E-state index contributed by atoms with van der Waals surface area (Å²) in [4.78, 5) is 6.60. The van der Waals surface area contributed by atoms with Crippen molar-refractivity contribution in [2.75, 3.05) is 13.1 Å².